The Kier molecular flexibility index (Phi) is 5.73. The van der Waals surface area contributed by atoms with E-state index in [1.165, 1.54) is 19.3 Å². The highest BCUT2D eigenvalue weighted by Crippen LogP contribution is 2.22. The first-order chi connectivity index (χ1) is 11.6. The van der Waals surface area contributed by atoms with Crippen LogP contribution >= 0.6 is 12.2 Å². The third-order valence-electron chi connectivity index (χ3n) is 4.76. The van der Waals surface area contributed by atoms with E-state index in [-0.39, 0.29) is 0 Å². The predicted octanol–water partition coefficient (Wildman–Crippen LogP) is 3.09. The zero-order chi connectivity index (χ0) is 17.0. The van der Waals surface area contributed by atoms with Gasteiger partial charge < -0.3 is 10.6 Å². The van der Waals surface area contributed by atoms with Crippen LogP contribution in [0.4, 0.5) is 5.69 Å². The summed E-state index contributed by atoms with van der Waals surface area (Å²) in [5, 5.41) is 7.11. The van der Waals surface area contributed by atoms with Crippen LogP contribution in [0, 0.1) is 0 Å². The Morgan fingerprint density at radius 1 is 1.00 bits per heavy atom. The summed E-state index contributed by atoms with van der Waals surface area (Å²) in [6, 6.07) is 7.31. The molecule has 132 valence electrons. The third-order valence-corrected chi connectivity index (χ3v) is 6.89. The maximum Gasteiger partial charge on any atom is 0.243 e. The molecule has 1 saturated heterocycles. The van der Waals surface area contributed by atoms with Crippen molar-refractivity contribution < 1.29 is 8.42 Å². The van der Waals surface area contributed by atoms with Crippen molar-refractivity contribution in [3.63, 3.8) is 0 Å². The van der Waals surface area contributed by atoms with Gasteiger partial charge in [0.05, 0.1) is 4.90 Å². The lowest BCUT2D eigenvalue weighted by Gasteiger charge is -2.24. The standard InChI is InChI=1S/C17H25N3O2S2/c21-24(22,20-12-4-5-13-20)16-10-8-15(9-11-16)19-17(23)18-14-6-2-1-3-7-14/h8-11,14H,1-7,12-13H2,(H2,18,19,23). The number of nitrogens with one attached hydrogen (secondary N) is 2. The Morgan fingerprint density at radius 2 is 1.62 bits per heavy atom. The van der Waals surface area contributed by atoms with E-state index in [1.54, 1.807) is 28.6 Å². The lowest BCUT2D eigenvalue weighted by Crippen LogP contribution is -2.38. The molecule has 2 N–H and O–H groups in total. The molecule has 0 amide bonds. The van der Waals surface area contributed by atoms with E-state index >= 15 is 0 Å². The molecule has 1 aromatic rings. The van der Waals surface area contributed by atoms with Gasteiger partial charge in [-0.1, -0.05) is 19.3 Å². The van der Waals surface area contributed by atoms with Crippen LogP contribution in [0.15, 0.2) is 29.2 Å². The molecule has 7 heteroatoms. The molecular weight excluding hydrogens is 342 g/mol. The molecule has 1 saturated carbocycles. The van der Waals surface area contributed by atoms with Gasteiger partial charge in [-0.25, -0.2) is 8.42 Å². The fraction of sp³-hybridized carbons (Fsp3) is 0.588. The number of hydrogen-bond donors (Lipinski definition) is 2. The molecule has 0 radical (unpaired) electrons. The summed E-state index contributed by atoms with van der Waals surface area (Å²) in [4.78, 5) is 0.348. The monoisotopic (exact) mass is 367 g/mol. The molecule has 2 fully saturated rings. The Bertz CT molecular complexity index is 662. The second kappa shape index (κ2) is 7.80. The Morgan fingerprint density at radius 3 is 2.25 bits per heavy atom. The molecule has 3 rings (SSSR count). The molecule has 2 aliphatic rings. The van der Waals surface area contributed by atoms with Gasteiger partial charge >= 0.3 is 0 Å². The first kappa shape index (κ1) is 17.6. The molecule has 1 aromatic carbocycles. The zero-order valence-electron chi connectivity index (χ0n) is 13.8. The maximum absolute atomic E-state index is 12.5. The average Bonchev–Trinajstić information content (AvgIpc) is 3.11. The second-order valence-electron chi connectivity index (χ2n) is 6.57. The Hall–Kier alpha value is -1.18. The first-order valence-corrected chi connectivity index (χ1v) is 10.6. The van der Waals surface area contributed by atoms with E-state index in [9.17, 15) is 8.42 Å². The summed E-state index contributed by atoms with van der Waals surface area (Å²) in [5.41, 5.74) is 0.809. The first-order valence-electron chi connectivity index (χ1n) is 8.73. The molecule has 5 nitrogen and oxygen atoms in total. The van der Waals surface area contributed by atoms with Crippen LogP contribution in [-0.2, 0) is 10.0 Å². The Labute approximate surface area is 149 Å². The number of anilines is 1. The number of rotatable bonds is 4. The molecule has 1 aliphatic heterocycles. The minimum atomic E-state index is -3.35. The highest BCUT2D eigenvalue weighted by Gasteiger charge is 2.26. The fourth-order valence-corrected chi connectivity index (χ4v) is 5.19. The number of thiocarbonyl (C=S) groups is 1. The minimum Gasteiger partial charge on any atom is -0.360 e. The molecule has 24 heavy (non-hydrogen) atoms. The van der Waals surface area contributed by atoms with Crippen molar-refractivity contribution >= 4 is 33.0 Å². The summed E-state index contributed by atoms with van der Waals surface area (Å²) >= 11 is 5.36. The SMILES string of the molecule is O=S(=O)(c1ccc(NC(=S)NC2CCCCC2)cc1)N1CCCC1. The van der Waals surface area contributed by atoms with Crippen molar-refractivity contribution in [3.8, 4) is 0 Å². The van der Waals surface area contributed by atoms with Crippen molar-refractivity contribution in [1.82, 2.24) is 9.62 Å². The maximum atomic E-state index is 12.5. The van der Waals surface area contributed by atoms with E-state index in [1.807, 2.05) is 0 Å². The van der Waals surface area contributed by atoms with E-state index in [2.05, 4.69) is 10.6 Å². The molecule has 0 spiro atoms. The summed E-state index contributed by atoms with van der Waals surface area (Å²) in [7, 11) is -3.35. The quantitative estimate of drug-likeness (QED) is 0.801. The number of hydrogen-bond acceptors (Lipinski definition) is 3. The van der Waals surface area contributed by atoms with E-state index in [0.29, 0.717) is 29.1 Å². The lowest BCUT2D eigenvalue weighted by molar-refractivity contribution is 0.415. The van der Waals surface area contributed by atoms with Gasteiger partial charge in [-0.3, -0.25) is 0 Å². The van der Waals surface area contributed by atoms with Gasteiger partial charge in [-0.15, -0.1) is 0 Å². The van der Waals surface area contributed by atoms with Gasteiger partial charge in [0.2, 0.25) is 10.0 Å². The molecule has 0 aromatic heterocycles. The molecular formula is C17H25N3O2S2. The summed E-state index contributed by atoms with van der Waals surface area (Å²) in [6.45, 7) is 1.25. The van der Waals surface area contributed by atoms with Crippen LogP contribution in [0.1, 0.15) is 44.9 Å². The van der Waals surface area contributed by atoms with E-state index in [0.717, 1.165) is 31.4 Å². The van der Waals surface area contributed by atoms with Crippen molar-refractivity contribution in [2.24, 2.45) is 0 Å². The highest BCUT2D eigenvalue weighted by atomic mass is 32.2. The molecule has 0 unspecified atom stereocenters. The minimum absolute atomic E-state index is 0.348. The highest BCUT2D eigenvalue weighted by molar-refractivity contribution is 7.89. The van der Waals surface area contributed by atoms with Crippen LogP contribution in [-0.4, -0.2) is 37.0 Å². The fourth-order valence-electron chi connectivity index (χ4n) is 3.39. The van der Waals surface area contributed by atoms with Crippen LogP contribution < -0.4 is 10.6 Å². The number of nitrogens with zero attached hydrogens (tertiary/aromatic N) is 1. The van der Waals surface area contributed by atoms with Crippen LogP contribution in [0.2, 0.25) is 0 Å². The van der Waals surface area contributed by atoms with Gasteiger partial charge in [-0.05, 0) is 62.2 Å². The molecule has 1 heterocycles. The molecule has 0 atom stereocenters. The predicted molar refractivity (Wildman–Crippen MR) is 101 cm³/mol. The van der Waals surface area contributed by atoms with Crippen molar-refractivity contribution in [2.75, 3.05) is 18.4 Å². The summed E-state index contributed by atoms with van der Waals surface area (Å²) in [6.07, 6.45) is 8.03. The summed E-state index contributed by atoms with van der Waals surface area (Å²) in [5.74, 6) is 0. The van der Waals surface area contributed by atoms with Gasteiger partial charge in [0, 0.05) is 24.8 Å². The van der Waals surface area contributed by atoms with Crippen molar-refractivity contribution in [2.45, 2.75) is 55.9 Å². The van der Waals surface area contributed by atoms with E-state index < -0.39 is 10.0 Å². The van der Waals surface area contributed by atoms with Gasteiger partial charge in [0.15, 0.2) is 5.11 Å². The average molecular weight is 368 g/mol. The van der Waals surface area contributed by atoms with Gasteiger partial charge in [0.25, 0.3) is 0 Å². The van der Waals surface area contributed by atoms with Crippen LogP contribution in [0.3, 0.4) is 0 Å². The number of benzene rings is 1. The normalized spacial score (nSPS) is 20.0. The third kappa shape index (κ3) is 4.26. The number of sulfonamides is 1. The van der Waals surface area contributed by atoms with Gasteiger partial charge in [0.1, 0.15) is 0 Å². The lowest BCUT2D eigenvalue weighted by atomic mass is 9.96. The molecule has 1 aliphatic carbocycles. The van der Waals surface area contributed by atoms with Crippen molar-refractivity contribution in [3.05, 3.63) is 24.3 Å². The second-order valence-corrected chi connectivity index (χ2v) is 8.92. The van der Waals surface area contributed by atoms with Crippen LogP contribution in [0.25, 0.3) is 0 Å². The zero-order valence-corrected chi connectivity index (χ0v) is 15.5. The van der Waals surface area contributed by atoms with Gasteiger partial charge in [-0.2, -0.15) is 4.31 Å². The Balaban J connectivity index is 1.58. The topological polar surface area (TPSA) is 61.4 Å². The van der Waals surface area contributed by atoms with Crippen molar-refractivity contribution in [1.29, 1.82) is 0 Å². The van der Waals surface area contributed by atoms with Crippen LogP contribution in [0.5, 0.6) is 0 Å². The summed E-state index contributed by atoms with van der Waals surface area (Å²) < 4.78 is 26.6. The largest absolute Gasteiger partial charge is 0.360 e. The van der Waals surface area contributed by atoms with E-state index in [4.69, 9.17) is 12.2 Å². The molecule has 0 bridgehead atoms. The smallest absolute Gasteiger partial charge is 0.243 e.